The van der Waals surface area contributed by atoms with Crippen LogP contribution >= 0.6 is 7.60 Å². The van der Waals surface area contributed by atoms with Crippen LogP contribution in [-0.4, -0.2) is 55.8 Å². The van der Waals surface area contributed by atoms with Crippen LogP contribution in [0.15, 0.2) is 0 Å². The number of hydrogen-bond acceptors (Lipinski definition) is 6. The first-order valence-electron chi connectivity index (χ1n) is 8.23. The van der Waals surface area contributed by atoms with Gasteiger partial charge in [-0.25, -0.2) is 0 Å². The number of fused-ring (bicyclic) bond motifs is 1. The van der Waals surface area contributed by atoms with E-state index in [0.717, 1.165) is 12.7 Å². The molecule has 2 fully saturated rings. The van der Waals surface area contributed by atoms with E-state index in [4.69, 9.17) is 9.05 Å². The number of hydrogen-bond donors (Lipinski definition) is 0. The molecule has 0 bridgehead atoms. The van der Waals surface area contributed by atoms with Crippen LogP contribution in [0.3, 0.4) is 0 Å². The van der Waals surface area contributed by atoms with Gasteiger partial charge in [-0.3, -0.25) is 14.2 Å². The highest BCUT2D eigenvalue weighted by Crippen LogP contribution is 2.50. The molecule has 8 heteroatoms. The van der Waals surface area contributed by atoms with Crippen LogP contribution in [0.1, 0.15) is 33.1 Å². The standard InChI is InChI=1S/C16H26NO6P/c1-5-12-8-17-14(16(12,2)10-18)6-11(7-15(17)20)13(19)9-24(21,22-3)23-4/h10-12,14H,5-9H2,1-4H3/t11-,12+,14+,16+/m0/s1. The maximum atomic E-state index is 12.5. The Morgan fingerprint density at radius 3 is 2.54 bits per heavy atom. The lowest BCUT2D eigenvalue weighted by atomic mass is 9.71. The van der Waals surface area contributed by atoms with Gasteiger partial charge in [-0.15, -0.1) is 0 Å². The number of carbonyl (C=O) groups is 3. The molecular weight excluding hydrogens is 333 g/mol. The van der Waals surface area contributed by atoms with Crippen molar-refractivity contribution in [3.8, 4) is 0 Å². The number of piperidine rings is 1. The van der Waals surface area contributed by atoms with Gasteiger partial charge in [0, 0.05) is 44.6 Å². The maximum Gasteiger partial charge on any atom is 0.337 e. The Labute approximate surface area is 142 Å². The Hall–Kier alpha value is -1.04. The predicted molar refractivity (Wildman–Crippen MR) is 87.7 cm³/mol. The SMILES string of the molecule is CC[C@@H]1CN2C(=O)C[C@@H](C(=O)CP(=O)(OC)OC)C[C@@H]2[C@]1(C)C=O. The van der Waals surface area contributed by atoms with E-state index in [-0.39, 0.29) is 36.2 Å². The molecule has 0 radical (unpaired) electrons. The topological polar surface area (TPSA) is 90.0 Å². The molecule has 0 spiro atoms. The normalized spacial score (nSPS) is 33.4. The van der Waals surface area contributed by atoms with Gasteiger partial charge in [0.25, 0.3) is 0 Å². The minimum atomic E-state index is -3.45. The summed E-state index contributed by atoms with van der Waals surface area (Å²) < 4.78 is 21.8. The molecule has 24 heavy (non-hydrogen) atoms. The number of ketones is 1. The van der Waals surface area contributed by atoms with Crippen LogP contribution in [0.5, 0.6) is 0 Å². The lowest BCUT2D eigenvalue weighted by Gasteiger charge is -2.39. The lowest BCUT2D eigenvalue weighted by Crippen LogP contribution is -2.50. The van der Waals surface area contributed by atoms with Crippen molar-refractivity contribution in [3.05, 3.63) is 0 Å². The number of carbonyl (C=O) groups excluding carboxylic acids is 3. The first-order chi connectivity index (χ1) is 11.2. The quantitative estimate of drug-likeness (QED) is 0.509. The van der Waals surface area contributed by atoms with Gasteiger partial charge in [0.05, 0.1) is 0 Å². The number of amides is 1. The summed E-state index contributed by atoms with van der Waals surface area (Å²) in [6.07, 6.45) is 1.90. The molecule has 1 amide bonds. The van der Waals surface area contributed by atoms with Crippen molar-refractivity contribution in [2.75, 3.05) is 26.9 Å². The van der Waals surface area contributed by atoms with E-state index < -0.39 is 18.9 Å². The third-order valence-corrected chi connectivity index (χ3v) is 7.56. The predicted octanol–water partition coefficient (Wildman–Crippen LogP) is 1.89. The summed E-state index contributed by atoms with van der Waals surface area (Å²) in [7, 11) is -0.985. The summed E-state index contributed by atoms with van der Waals surface area (Å²) in [6.45, 7) is 4.43. The minimum absolute atomic E-state index is 0.0914. The summed E-state index contributed by atoms with van der Waals surface area (Å²) >= 11 is 0. The summed E-state index contributed by atoms with van der Waals surface area (Å²) in [4.78, 5) is 38.5. The van der Waals surface area contributed by atoms with Gasteiger partial charge in [-0.05, 0) is 12.3 Å². The van der Waals surface area contributed by atoms with E-state index in [1.54, 1.807) is 4.90 Å². The molecule has 136 valence electrons. The first kappa shape index (κ1) is 19.3. The molecule has 2 saturated heterocycles. The zero-order valence-electron chi connectivity index (χ0n) is 14.7. The van der Waals surface area contributed by atoms with Crippen LogP contribution in [0.2, 0.25) is 0 Å². The van der Waals surface area contributed by atoms with Crippen LogP contribution in [0.25, 0.3) is 0 Å². The molecule has 0 N–H and O–H groups in total. The Balaban J connectivity index is 2.20. The van der Waals surface area contributed by atoms with Crippen molar-refractivity contribution in [1.29, 1.82) is 0 Å². The molecule has 2 aliphatic rings. The molecule has 2 rings (SSSR count). The second-order valence-electron chi connectivity index (χ2n) is 6.89. The number of aldehydes is 1. The summed E-state index contributed by atoms with van der Waals surface area (Å²) in [5.74, 6) is -0.865. The molecule has 7 nitrogen and oxygen atoms in total. The van der Waals surface area contributed by atoms with E-state index in [9.17, 15) is 18.9 Å². The van der Waals surface area contributed by atoms with E-state index in [2.05, 4.69) is 0 Å². The van der Waals surface area contributed by atoms with Gasteiger partial charge in [0.1, 0.15) is 18.2 Å². The Morgan fingerprint density at radius 2 is 2.04 bits per heavy atom. The number of Topliss-reactive ketones (excluding diaryl/α,β-unsaturated/α-hetero) is 1. The third kappa shape index (κ3) is 3.22. The van der Waals surface area contributed by atoms with E-state index >= 15 is 0 Å². The molecule has 0 aromatic heterocycles. The van der Waals surface area contributed by atoms with Gasteiger partial charge in [-0.2, -0.15) is 0 Å². The Kier molecular flexibility index (Phi) is 5.68. The van der Waals surface area contributed by atoms with E-state index in [1.165, 1.54) is 14.2 Å². The fraction of sp³-hybridized carbons (Fsp3) is 0.812. The van der Waals surface area contributed by atoms with Gasteiger partial charge in [0.15, 0.2) is 0 Å². The molecule has 2 aliphatic heterocycles. The third-order valence-electron chi connectivity index (χ3n) is 5.75. The molecule has 2 heterocycles. The van der Waals surface area contributed by atoms with Crippen molar-refractivity contribution in [1.82, 2.24) is 4.90 Å². The van der Waals surface area contributed by atoms with Crippen molar-refractivity contribution < 1.29 is 28.0 Å². The largest absolute Gasteiger partial charge is 0.338 e. The number of rotatable bonds is 7. The average Bonchev–Trinajstić information content (AvgIpc) is 2.88. The highest BCUT2D eigenvalue weighted by Gasteiger charge is 2.55. The van der Waals surface area contributed by atoms with Crippen molar-refractivity contribution in [2.45, 2.75) is 39.2 Å². The highest BCUT2D eigenvalue weighted by molar-refractivity contribution is 7.54. The van der Waals surface area contributed by atoms with Gasteiger partial charge in [0.2, 0.25) is 5.91 Å². The smallest absolute Gasteiger partial charge is 0.337 e. The van der Waals surface area contributed by atoms with Crippen molar-refractivity contribution >= 4 is 25.6 Å². The fourth-order valence-electron chi connectivity index (χ4n) is 4.02. The summed E-state index contributed by atoms with van der Waals surface area (Å²) in [5, 5.41) is 0. The fourth-order valence-corrected chi connectivity index (χ4v) is 5.07. The molecule has 0 saturated carbocycles. The van der Waals surface area contributed by atoms with E-state index in [0.29, 0.717) is 13.0 Å². The van der Waals surface area contributed by atoms with Crippen molar-refractivity contribution in [2.24, 2.45) is 17.3 Å². The second kappa shape index (κ2) is 7.06. The number of nitrogens with zero attached hydrogens (tertiary/aromatic N) is 1. The average molecular weight is 359 g/mol. The maximum absolute atomic E-state index is 12.5. The molecule has 0 aliphatic carbocycles. The first-order valence-corrected chi connectivity index (χ1v) is 9.96. The van der Waals surface area contributed by atoms with Gasteiger partial charge >= 0.3 is 7.60 Å². The molecule has 4 atom stereocenters. The summed E-state index contributed by atoms with van der Waals surface area (Å²) in [5.41, 5.74) is -0.643. The summed E-state index contributed by atoms with van der Waals surface area (Å²) in [6, 6.07) is -0.278. The van der Waals surface area contributed by atoms with Gasteiger partial charge in [-0.1, -0.05) is 20.3 Å². The van der Waals surface area contributed by atoms with Gasteiger partial charge < -0.3 is 18.7 Å². The molecule has 0 unspecified atom stereocenters. The van der Waals surface area contributed by atoms with Crippen LogP contribution < -0.4 is 0 Å². The zero-order valence-corrected chi connectivity index (χ0v) is 15.6. The van der Waals surface area contributed by atoms with Crippen molar-refractivity contribution in [3.63, 3.8) is 0 Å². The molecule has 0 aromatic carbocycles. The van der Waals surface area contributed by atoms with E-state index in [1.807, 2.05) is 13.8 Å². The monoisotopic (exact) mass is 359 g/mol. The highest BCUT2D eigenvalue weighted by atomic mass is 31.2. The minimum Gasteiger partial charge on any atom is -0.338 e. The second-order valence-corrected chi connectivity index (χ2v) is 9.16. The molecular formula is C16H26NO6P. The Bertz CT molecular complexity index is 571. The van der Waals surface area contributed by atoms with Crippen LogP contribution in [0.4, 0.5) is 0 Å². The van der Waals surface area contributed by atoms with Crippen LogP contribution in [0, 0.1) is 17.3 Å². The zero-order chi connectivity index (χ0) is 18.1. The lowest BCUT2D eigenvalue weighted by molar-refractivity contribution is -0.142. The molecule has 0 aromatic rings. The van der Waals surface area contributed by atoms with Crippen LogP contribution in [-0.2, 0) is 28.0 Å². The Morgan fingerprint density at radius 1 is 1.42 bits per heavy atom.